The molecule has 0 bridgehead atoms. The van der Waals surface area contributed by atoms with Gasteiger partial charge in [-0.05, 0) is 17.5 Å². The van der Waals surface area contributed by atoms with Gasteiger partial charge in [-0.3, -0.25) is 0 Å². The highest BCUT2D eigenvalue weighted by Crippen LogP contribution is 2.29. The second kappa shape index (κ2) is 5.64. The van der Waals surface area contributed by atoms with Gasteiger partial charge in [0, 0.05) is 0 Å². The van der Waals surface area contributed by atoms with Crippen molar-refractivity contribution in [3.8, 4) is 0 Å². The number of hydrogen-bond acceptors (Lipinski definition) is 0. The van der Waals surface area contributed by atoms with Crippen LogP contribution in [0.15, 0.2) is 12.7 Å². The molecule has 0 spiro atoms. The summed E-state index contributed by atoms with van der Waals surface area (Å²) in [6.07, 6.45) is 5.76. The zero-order valence-corrected chi connectivity index (χ0v) is 14.4. The molecule has 0 aliphatic carbocycles. The van der Waals surface area contributed by atoms with E-state index >= 15 is 0 Å². The maximum atomic E-state index is 3.92. The van der Waals surface area contributed by atoms with Crippen LogP contribution in [-0.2, 0) is 0 Å². The van der Waals surface area contributed by atoms with Crippen LogP contribution in [0.1, 0.15) is 6.42 Å². The molecule has 0 saturated heterocycles. The van der Waals surface area contributed by atoms with Gasteiger partial charge in [0.05, 0.1) is 16.1 Å². The summed E-state index contributed by atoms with van der Waals surface area (Å²) in [5.74, 6) is 0. The fourth-order valence-electron chi connectivity index (χ4n) is 1.85. The summed E-state index contributed by atoms with van der Waals surface area (Å²) >= 11 is 0. The van der Waals surface area contributed by atoms with Crippen molar-refractivity contribution in [2.24, 2.45) is 0 Å². The van der Waals surface area contributed by atoms with E-state index in [4.69, 9.17) is 0 Å². The van der Waals surface area contributed by atoms with Gasteiger partial charge in [-0.2, -0.15) is 10.5 Å². The van der Waals surface area contributed by atoms with Gasteiger partial charge in [0.25, 0.3) is 0 Å². The molecule has 3 heteroatoms. The van der Waals surface area contributed by atoms with E-state index in [-0.39, 0.29) is 0 Å². The molecule has 0 amide bonds. The Morgan fingerprint density at radius 2 is 1.60 bits per heavy atom. The van der Waals surface area contributed by atoms with E-state index in [1.807, 2.05) is 0 Å². The molecule has 0 rings (SSSR count). The van der Waals surface area contributed by atoms with E-state index in [1.54, 1.807) is 0 Å². The van der Waals surface area contributed by atoms with Crippen molar-refractivity contribution in [2.75, 3.05) is 6.26 Å². The highest BCUT2D eigenvalue weighted by Gasteiger charge is 2.27. The molecule has 0 heterocycles. The van der Waals surface area contributed by atoms with Gasteiger partial charge in [-0.1, -0.05) is 50.3 Å². The molecule has 90 valence electrons. The molecule has 0 aromatic heterocycles. The molecule has 0 aliphatic rings. The van der Waals surface area contributed by atoms with Crippen molar-refractivity contribution in [3.05, 3.63) is 12.7 Å². The standard InChI is InChI=1S/C12H28SSi2/c1-9-10-12(15(6,7)8)13(2)11-14(3,4)5/h9,11-12H,1,10H2,2-8H3. The summed E-state index contributed by atoms with van der Waals surface area (Å²) in [5, 5.41) is 0. The topological polar surface area (TPSA) is 0 Å². The lowest BCUT2D eigenvalue weighted by Gasteiger charge is -2.31. The van der Waals surface area contributed by atoms with Crippen molar-refractivity contribution < 1.29 is 0 Å². The van der Waals surface area contributed by atoms with E-state index in [2.05, 4.69) is 63.2 Å². The molecular weight excluding hydrogens is 232 g/mol. The maximum Gasteiger partial charge on any atom is 0.0753 e. The van der Waals surface area contributed by atoms with Crippen LogP contribution in [0.2, 0.25) is 39.3 Å². The predicted octanol–water partition coefficient (Wildman–Crippen LogP) is 4.39. The first-order valence-corrected chi connectivity index (χ1v) is 14.6. The molecule has 0 nitrogen and oxygen atoms in total. The molecule has 15 heavy (non-hydrogen) atoms. The third kappa shape index (κ3) is 6.53. The van der Waals surface area contributed by atoms with Crippen molar-refractivity contribution in [2.45, 2.75) is 50.6 Å². The van der Waals surface area contributed by atoms with Crippen LogP contribution in [0.4, 0.5) is 0 Å². The number of rotatable bonds is 5. The van der Waals surface area contributed by atoms with Crippen LogP contribution in [-0.4, -0.2) is 32.3 Å². The lowest BCUT2D eigenvalue weighted by molar-refractivity contribution is 1.12. The monoisotopic (exact) mass is 260 g/mol. The Kier molecular flexibility index (Phi) is 5.79. The Bertz CT molecular complexity index is 243. The van der Waals surface area contributed by atoms with Crippen molar-refractivity contribution >= 4 is 31.6 Å². The summed E-state index contributed by atoms with van der Waals surface area (Å²) in [6.45, 7) is 18.7. The average molecular weight is 261 g/mol. The van der Waals surface area contributed by atoms with Crippen molar-refractivity contribution in [3.63, 3.8) is 0 Å². The molecular formula is C12H28SSi2. The smallest absolute Gasteiger partial charge is 0.0753 e. The van der Waals surface area contributed by atoms with Crippen LogP contribution in [0, 0.1) is 0 Å². The van der Waals surface area contributed by atoms with Gasteiger partial charge in [0.15, 0.2) is 0 Å². The highest BCUT2D eigenvalue weighted by molar-refractivity contribution is 8.18. The Balaban J connectivity index is 4.94. The van der Waals surface area contributed by atoms with Crippen molar-refractivity contribution in [1.29, 1.82) is 0 Å². The quantitative estimate of drug-likeness (QED) is 0.391. The summed E-state index contributed by atoms with van der Waals surface area (Å²) in [7, 11) is -1.57. The first kappa shape index (κ1) is 15.4. The molecule has 0 fully saturated rings. The zero-order valence-electron chi connectivity index (χ0n) is 11.6. The molecule has 0 aliphatic heterocycles. The molecule has 0 radical (unpaired) electrons. The molecule has 2 unspecified atom stereocenters. The minimum Gasteiger partial charge on any atom is -0.196 e. The van der Waals surface area contributed by atoms with Gasteiger partial charge in [-0.25, -0.2) is 0 Å². The van der Waals surface area contributed by atoms with Gasteiger partial charge in [0.2, 0.25) is 0 Å². The SMILES string of the molecule is C=CCC(S(C)=C[Si](C)(C)C)[Si](C)(C)C. The van der Waals surface area contributed by atoms with Gasteiger partial charge < -0.3 is 0 Å². The second-order valence-electron chi connectivity index (χ2n) is 6.47. The first-order chi connectivity index (χ1) is 6.58. The summed E-state index contributed by atoms with van der Waals surface area (Å²) in [5.41, 5.74) is 0. The lowest BCUT2D eigenvalue weighted by atomic mass is 10.5. The van der Waals surface area contributed by atoms with Crippen LogP contribution in [0.5, 0.6) is 0 Å². The Morgan fingerprint density at radius 1 is 1.13 bits per heavy atom. The number of allylic oxidation sites excluding steroid dienone is 1. The average Bonchev–Trinajstić information content (AvgIpc) is 1.93. The largest absolute Gasteiger partial charge is 0.196 e. The fourth-order valence-corrected chi connectivity index (χ4v) is 13.4. The minimum atomic E-state index is -1.04. The van der Waals surface area contributed by atoms with Crippen LogP contribution in [0.25, 0.3) is 0 Å². The molecule has 2 atom stereocenters. The third-order valence-corrected chi connectivity index (χ3v) is 13.1. The lowest BCUT2D eigenvalue weighted by Crippen LogP contribution is -2.37. The van der Waals surface area contributed by atoms with E-state index in [0.29, 0.717) is 10.5 Å². The highest BCUT2D eigenvalue weighted by atomic mass is 32.2. The van der Waals surface area contributed by atoms with E-state index < -0.39 is 16.1 Å². The van der Waals surface area contributed by atoms with Gasteiger partial charge >= 0.3 is 0 Å². The Morgan fingerprint density at radius 3 is 1.87 bits per heavy atom. The van der Waals surface area contributed by atoms with E-state index in [0.717, 1.165) is 4.87 Å². The predicted molar refractivity (Wildman–Crippen MR) is 84.9 cm³/mol. The number of hydrogen-bond donors (Lipinski definition) is 0. The first-order valence-electron chi connectivity index (χ1n) is 5.68. The third-order valence-electron chi connectivity index (χ3n) is 2.33. The van der Waals surface area contributed by atoms with Gasteiger partial charge in [-0.15, -0.1) is 6.58 Å². The Labute approximate surface area is 101 Å². The zero-order chi connectivity index (χ0) is 12.3. The normalized spacial score (nSPS) is 17.5. The summed E-state index contributed by atoms with van der Waals surface area (Å²) in [4.78, 5) is 3.57. The van der Waals surface area contributed by atoms with E-state index in [1.165, 1.54) is 6.42 Å². The molecule has 0 saturated carbocycles. The maximum absolute atomic E-state index is 3.92. The van der Waals surface area contributed by atoms with Crippen LogP contribution in [0.3, 0.4) is 0 Å². The van der Waals surface area contributed by atoms with Crippen LogP contribution < -0.4 is 0 Å². The summed E-state index contributed by atoms with van der Waals surface area (Å²) in [6, 6.07) is 0. The summed E-state index contributed by atoms with van der Waals surface area (Å²) < 4.78 is 0. The fraction of sp³-hybridized carbons (Fsp3) is 0.750. The van der Waals surface area contributed by atoms with E-state index in [9.17, 15) is 0 Å². The molecule has 0 aromatic carbocycles. The van der Waals surface area contributed by atoms with Crippen molar-refractivity contribution in [1.82, 2.24) is 0 Å². The van der Waals surface area contributed by atoms with Crippen LogP contribution >= 0.6 is 10.5 Å². The molecule has 0 aromatic rings. The van der Waals surface area contributed by atoms with Gasteiger partial charge in [0.1, 0.15) is 0 Å². The Hall–Kier alpha value is 0.394. The second-order valence-corrected chi connectivity index (χ2v) is 19.8. The minimum absolute atomic E-state index is 0.481. The molecule has 0 N–H and O–H groups in total.